The fourth-order valence-electron chi connectivity index (χ4n) is 3.90. The number of carbonyl (C=O) groups excluding carboxylic acids is 1. The third-order valence-corrected chi connectivity index (χ3v) is 5.44. The molecular formula is C17H25N5O. The second kappa shape index (κ2) is 6.09. The third-order valence-electron chi connectivity index (χ3n) is 5.44. The van der Waals surface area contributed by atoms with Crippen LogP contribution in [-0.2, 0) is 4.79 Å². The van der Waals surface area contributed by atoms with Gasteiger partial charge in [-0.1, -0.05) is 0 Å². The molecule has 1 amide bonds. The highest BCUT2D eigenvalue weighted by molar-refractivity contribution is 5.81. The zero-order chi connectivity index (χ0) is 15.8. The number of rotatable bonds is 3. The van der Waals surface area contributed by atoms with Crippen LogP contribution < -0.4 is 15.8 Å². The number of nitrogens with one attached hydrogen (secondary N) is 2. The molecular weight excluding hydrogens is 290 g/mol. The number of hydrazine groups is 1. The molecule has 4 rings (SSSR count). The molecule has 0 bridgehead atoms. The molecule has 6 nitrogen and oxygen atoms in total. The van der Waals surface area contributed by atoms with E-state index in [1.807, 2.05) is 24.5 Å². The quantitative estimate of drug-likeness (QED) is 0.856. The number of pyridine rings is 1. The molecule has 124 valence electrons. The molecule has 2 aliphatic heterocycles. The van der Waals surface area contributed by atoms with E-state index in [0.717, 1.165) is 26.2 Å². The Hall–Kier alpha value is -1.66. The molecule has 1 aliphatic carbocycles. The van der Waals surface area contributed by atoms with Gasteiger partial charge in [0.25, 0.3) is 0 Å². The summed E-state index contributed by atoms with van der Waals surface area (Å²) >= 11 is 0. The van der Waals surface area contributed by atoms with E-state index < -0.39 is 0 Å². The predicted molar refractivity (Wildman–Crippen MR) is 88.8 cm³/mol. The number of piperazine rings is 1. The van der Waals surface area contributed by atoms with Gasteiger partial charge in [-0.25, -0.2) is 0 Å². The van der Waals surface area contributed by atoms with Gasteiger partial charge in [-0.15, -0.1) is 0 Å². The fourth-order valence-corrected chi connectivity index (χ4v) is 3.90. The normalized spacial score (nSPS) is 31.4. The molecule has 3 aliphatic rings. The summed E-state index contributed by atoms with van der Waals surface area (Å²) in [6, 6.07) is 4.60. The number of aromatic nitrogens is 1. The Labute approximate surface area is 137 Å². The summed E-state index contributed by atoms with van der Waals surface area (Å²) in [6.45, 7) is 5.52. The fraction of sp³-hybridized carbons (Fsp3) is 0.647. The van der Waals surface area contributed by atoms with E-state index in [2.05, 4.69) is 32.6 Å². The van der Waals surface area contributed by atoms with Gasteiger partial charge in [0.05, 0.1) is 5.92 Å². The molecule has 3 heterocycles. The van der Waals surface area contributed by atoms with Crippen LogP contribution in [0.5, 0.6) is 0 Å². The number of carbonyl (C=O) groups is 1. The van der Waals surface area contributed by atoms with Crippen molar-refractivity contribution in [2.45, 2.75) is 31.8 Å². The van der Waals surface area contributed by atoms with E-state index in [0.29, 0.717) is 17.9 Å². The van der Waals surface area contributed by atoms with Crippen molar-refractivity contribution in [2.75, 3.05) is 31.1 Å². The van der Waals surface area contributed by atoms with Crippen LogP contribution in [0.3, 0.4) is 0 Å². The molecule has 6 heteroatoms. The molecule has 0 radical (unpaired) electrons. The maximum atomic E-state index is 13.0. The van der Waals surface area contributed by atoms with Crippen LogP contribution in [-0.4, -0.2) is 54.1 Å². The van der Waals surface area contributed by atoms with E-state index in [9.17, 15) is 4.79 Å². The molecule has 3 atom stereocenters. The summed E-state index contributed by atoms with van der Waals surface area (Å²) in [4.78, 5) is 21.5. The zero-order valence-corrected chi connectivity index (χ0v) is 13.6. The van der Waals surface area contributed by atoms with Crippen molar-refractivity contribution in [3.8, 4) is 0 Å². The lowest BCUT2D eigenvalue weighted by Crippen LogP contribution is -2.53. The summed E-state index contributed by atoms with van der Waals surface area (Å²) in [5.74, 6) is 1.08. The summed E-state index contributed by atoms with van der Waals surface area (Å²) in [5.41, 5.74) is 7.83. The highest BCUT2D eigenvalue weighted by atomic mass is 16.2. The van der Waals surface area contributed by atoms with Gasteiger partial charge >= 0.3 is 0 Å². The lowest BCUT2D eigenvalue weighted by molar-refractivity contribution is -0.136. The molecule has 3 fully saturated rings. The maximum Gasteiger partial charge on any atom is 0.229 e. The van der Waals surface area contributed by atoms with Gasteiger partial charge < -0.3 is 9.80 Å². The van der Waals surface area contributed by atoms with Gasteiger partial charge in [0.1, 0.15) is 0 Å². The second-order valence-electron chi connectivity index (χ2n) is 6.98. The Morgan fingerprint density at radius 3 is 2.48 bits per heavy atom. The first kappa shape index (κ1) is 14.9. The van der Waals surface area contributed by atoms with E-state index in [4.69, 9.17) is 0 Å². The third kappa shape index (κ3) is 2.93. The highest BCUT2D eigenvalue weighted by Crippen LogP contribution is 2.39. The van der Waals surface area contributed by atoms with Crippen molar-refractivity contribution >= 4 is 11.6 Å². The number of hydrogen-bond donors (Lipinski definition) is 2. The highest BCUT2D eigenvalue weighted by Gasteiger charge is 2.47. The standard InChI is InChI=1S/C17H25N5O/c1-12-15(16(20-19-12)13-2-3-13)17(23)22-10-8-21(9-11-22)14-4-6-18-7-5-14/h4-7,12-13,15-16,19-20H,2-3,8-11H2,1H3. The van der Waals surface area contributed by atoms with Crippen molar-refractivity contribution in [3.63, 3.8) is 0 Å². The van der Waals surface area contributed by atoms with E-state index in [1.54, 1.807) is 0 Å². The first-order chi connectivity index (χ1) is 11.2. The summed E-state index contributed by atoms with van der Waals surface area (Å²) < 4.78 is 0. The van der Waals surface area contributed by atoms with Crippen molar-refractivity contribution in [3.05, 3.63) is 24.5 Å². The van der Waals surface area contributed by atoms with Gasteiger partial charge in [0.15, 0.2) is 0 Å². The van der Waals surface area contributed by atoms with E-state index >= 15 is 0 Å². The smallest absolute Gasteiger partial charge is 0.229 e. The minimum Gasteiger partial charge on any atom is -0.368 e. The van der Waals surface area contributed by atoms with Gasteiger partial charge in [-0.05, 0) is 37.8 Å². The Morgan fingerprint density at radius 1 is 1.13 bits per heavy atom. The molecule has 23 heavy (non-hydrogen) atoms. The molecule has 1 aromatic heterocycles. The SMILES string of the molecule is CC1NNC(C2CC2)C1C(=O)N1CCN(c2ccncc2)CC1. The van der Waals surface area contributed by atoms with Crippen LogP contribution in [0.1, 0.15) is 19.8 Å². The van der Waals surface area contributed by atoms with Crippen molar-refractivity contribution in [2.24, 2.45) is 11.8 Å². The number of anilines is 1. The van der Waals surface area contributed by atoms with E-state index in [-0.39, 0.29) is 12.0 Å². The number of nitrogens with zero attached hydrogens (tertiary/aromatic N) is 3. The van der Waals surface area contributed by atoms with Gasteiger partial charge in [-0.2, -0.15) is 0 Å². The minimum atomic E-state index is 0.0787. The molecule has 2 saturated heterocycles. The molecule has 0 aromatic carbocycles. The summed E-state index contributed by atoms with van der Waals surface area (Å²) in [5, 5.41) is 0. The topological polar surface area (TPSA) is 60.5 Å². The molecule has 3 unspecified atom stereocenters. The van der Waals surface area contributed by atoms with E-state index in [1.165, 1.54) is 18.5 Å². The molecule has 1 saturated carbocycles. The van der Waals surface area contributed by atoms with Gasteiger partial charge in [0.2, 0.25) is 5.91 Å². The molecule has 2 N–H and O–H groups in total. The van der Waals surface area contributed by atoms with Gasteiger partial charge in [-0.3, -0.25) is 20.6 Å². The van der Waals surface area contributed by atoms with Crippen LogP contribution in [0.2, 0.25) is 0 Å². The summed E-state index contributed by atoms with van der Waals surface area (Å²) in [7, 11) is 0. The van der Waals surface area contributed by atoms with Crippen molar-refractivity contribution in [1.29, 1.82) is 0 Å². The van der Waals surface area contributed by atoms with Crippen LogP contribution in [0.4, 0.5) is 5.69 Å². The predicted octanol–water partition coefficient (Wildman–Crippen LogP) is 0.621. The lowest BCUT2D eigenvalue weighted by atomic mass is 9.90. The maximum absolute atomic E-state index is 13.0. The van der Waals surface area contributed by atoms with Crippen LogP contribution >= 0.6 is 0 Å². The van der Waals surface area contributed by atoms with Crippen molar-refractivity contribution < 1.29 is 4.79 Å². The first-order valence-corrected chi connectivity index (χ1v) is 8.69. The number of amides is 1. The van der Waals surface area contributed by atoms with Crippen LogP contribution in [0.15, 0.2) is 24.5 Å². The number of hydrogen-bond acceptors (Lipinski definition) is 5. The Kier molecular flexibility index (Phi) is 3.95. The molecule has 1 aromatic rings. The minimum absolute atomic E-state index is 0.0787. The molecule has 0 spiro atoms. The second-order valence-corrected chi connectivity index (χ2v) is 6.98. The van der Waals surface area contributed by atoms with Gasteiger partial charge in [0, 0.05) is 56.3 Å². The first-order valence-electron chi connectivity index (χ1n) is 8.69. The average molecular weight is 315 g/mol. The Balaban J connectivity index is 1.39. The summed E-state index contributed by atoms with van der Waals surface area (Å²) in [6.07, 6.45) is 6.16. The average Bonchev–Trinajstić information content (AvgIpc) is 3.38. The zero-order valence-electron chi connectivity index (χ0n) is 13.6. The monoisotopic (exact) mass is 315 g/mol. The Bertz CT molecular complexity index is 553. The lowest BCUT2D eigenvalue weighted by Gasteiger charge is -2.38. The Morgan fingerprint density at radius 2 is 1.83 bits per heavy atom. The largest absolute Gasteiger partial charge is 0.368 e. The van der Waals surface area contributed by atoms with Crippen molar-refractivity contribution in [1.82, 2.24) is 20.7 Å². The van der Waals surface area contributed by atoms with Crippen LogP contribution in [0, 0.1) is 11.8 Å². The van der Waals surface area contributed by atoms with Crippen LogP contribution in [0.25, 0.3) is 0 Å².